The number of sulfone groups is 1. The number of nitrogens with one attached hydrogen (secondary N) is 2. The minimum Gasteiger partial charge on any atom is -0.383 e. The third kappa shape index (κ3) is 3.48. The molecule has 2 N–H and O–H groups in total. The molecule has 1 atom stereocenters. The fraction of sp³-hybridized carbons (Fsp3) is 0.417. The van der Waals surface area contributed by atoms with Crippen LogP contribution in [0.25, 0.3) is 0 Å². The predicted molar refractivity (Wildman–Crippen MR) is 77.2 cm³/mol. The fourth-order valence-corrected chi connectivity index (χ4v) is 3.89. The molecule has 0 radical (unpaired) electrons. The van der Waals surface area contributed by atoms with Gasteiger partial charge in [0.15, 0.2) is 9.84 Å². The number of nitrogens with zero attached hydrogens (tertiary/aromatic N) is 1. The van der Waals surface area contributed by atoms with E-state index in [1.165, 1.54) is 18.2 Å². The first-order valence-electron chi connectivity index (χ1n) is 6.30. The van der Waals surface area contributed by atoms with Gasteiger partial charge < -0.3 is 10.6 Å². The van der Waals surface area contributed by atoms with Crippen LogP contribution in [0.4, 0.5) is 11.4 Å². The molecule has 114 valence electrons. The largest absolute Gasteiger partial charge is 0.383 e. The molecule has 9 heteroatoms. The minimum atomic E-state index is -3.09. The molecule has 1 heterocycles. The van der Waals surface area contributed by atoms with Crippen molar-refractivity contribution in [2.75, 3.05) is 23.9 Å². The summed E-state index contributed by atoms with van der Waals surface area (Å²) in [5.74, 6) is -0.547. The van der Waals surface area contributed by atoms with E-state index in [9.17, 15) is 23.3 Å². The van der Waals surface area contributed by atoms with Gasteiger partial charge in [-0.05, 0) is 18.6 Å². The van der Waals surface area contributed by atoms with Crippen LogP contribution in [0.5, 0.6) is 0 Å². The van der Waals surface area contributed by atoms with E-state index in [4.69, 9.17) is 0 Å². The van der Waals surface area contributed by atoms with E-state index in [0.717, 1.165) is 0 Å². The van der Waals surface area contributed by atoms with Crippen LogP contribution in [-0.2, 0) is 9.84 Å². The van der Waals surface area contributed by atoms with Gasteiger partial charge in [-0.1, -0.05) is 0 Å². The Morgan fingerprint density at radius 2 is 2.14 bits per heavy atom. The highest BCUT2D eigenvalue weighted by Gasteiger charge is 2.29. The molecule has 1 saturated heterocycles. The van der Waals surface area contributed by atoms with E-state index in [1.807, 2.05) is 0 Å². The van der Waals surface area contributed by atoms with Crippen molar-refractivity contribution in [2.45, 2.75) is 12.5 Å². The first-order valence-corrected chi connectivity index (χ1v) is 8.12. The Balaban J connectivity index is 2.16. The molecule has 0 spiro atoms. The molecule has 1 aliphatic rings. The number of hydrogen-bond donors (Lipinski definition) is 2. The average molecular weight is 313 g/mol. The second-order valence-corrected chi connectivity index (χ2v) is 7.04. The summed E-state index contributed by atoms with van der Waals surface area (Å²) in [4.78, 5) is 22.4. The monoisotopic (exact) mass is 313 g/mol. The summed E-state index contributed by atoms with van der Waals surface area (Å²) in [6.45, 7) is 0. The number of carbonyl (C=O) groups is 1. The number of hydrogen-bond acceptors (Lipinski definition) is 6. The van der Waals surface area contributed by atoms with E-state index in [-0.39, 0.29) is 22.8 Å². The number of nitro benzene ring substituents is 1. The van der Waals surface area contributed by atoms with Gasteiger partial charge in [0.1, 0.15) is 5.69 Å². The molecule has 1 unspecified atom stereocenters. The van der Waals surface area contributed by atoms with Crippen LogP contribution in [0.3, 0.4) is 0 Å². The SMILES string of the molecule is CNc1ccc(C(=O)NC2CCS(=O)(=O)C2)cc1[N+](=O)[O-]. The third-order valence-corrected chi connectivity index (χ3v) is 5.06. The number of amides is 1. The molecular weight excluding hydrogens is 298 g/mol. The standard InChI is InChI=1S/C12H15N3O5S/c1-13-10-3-2-8(6-11(10)15(17)18)12(16)14-9-4-5-21(19,20)7-9/h2-3,6,9,13H,4-5,7H2,1H3,(H,14,16). The maximum Gasteiger partial charge on any atom is 0.293 e. The Kier molecular flexibility index (Phi) is 4.12. The van der Waals surface area contributed by atoms with Crippen LogP contribution >= 0.6 is 0 Å². The Morgan fingerprint density at radius 3 is 2.67 bits per heavy atom. The van der Waals surface area contributed by atoms with Gasteiger partial charge in [0.2, 0.25) is 0 Å². The van der Waals surface area contributed by atoms with E-state index in [2.05, 4.69) is 10.6 Å². The van der Waals surface area contributed by atoms with Crippen LogP contribution in [0, 0.1) is 10.1 Å². The first kappa shape index (κ1) is 15.2. The van der Waals surface area contributed by atoms with E-state index in [1.54, 1.807) is 7.05 Å². The van der Waals surface area contributed by atoms with E-state index < -0.39 is 26.7 Å². The van der Waals surface area contributed by atoms with Crippen LogP contribution in [0.2, 0.25) is 0 Å². The van der Waals surface area contributed by atoms with Gasteiger partial charge in [0, 0.05) is 24.7 Å². The van der Waals surface area contributed by atoms with Gasteiger partial charge >= 0.3 is 0 Å². The van der Waals surface area contributed by atoms with Crippen molar-refractivity contribution >= 4 is 27.1 Å². The Morgan fingerprint density at radius 1 is 1.43 bits per heavy atom. The van der Waals surface area contributed by atoms with Crippen LogP contribution in [0.15, 0.2) is 18.2 Å². The Hall–Kier alpha value is -2.16. The van der Waals surface area contributed by atoms with Crippen molar-refractivity contribution in [3.05, 3.63) is 33.9 Å². The highest BCUT2D eigenvalue weighted by molar-refractivity contribution is 7.91. The zero-order valence-corrected chi connectivity index (χ0v) is 12.1. The van der Waals surface area contributed by atoms with Crippen molar-refractivity contribution in [3.8, 4) is 0 Å². The quantitative estimate of drug-likeness (QED) is 0.619. The lowest BCUT2D eigenvalue weighted by atomic mass is 10.1. The summed E-state index contributed by atoms with van der Waals surface area (Å²) in [7, 11) is -1.54. The van der Waals surface area contributed by atoms with Crippen LogP contribution in [-0.4, -0.2) is 43.8 Å². The van der Waals surface area contributed by atoms with Gasteiger partial charge in [-0.15, -0.1) is 0 Å². The molecule has 2 rings (SSSR count). The molecule has 0 aromatic heterocycles. The lowest BCUT2D eigenvalue weighted by Gasteiger charge is -2.11. The molecule has 1 aliphatic heterocycles. The summed E-state index contributed by atoms with van der Waals surface area (Å²) < 4.78 is 22.7. The first-order chi connectivity index (χ1) is 9.82. The summed E-state index contributed by atoms with van der Waals surface area (Å²) in [6.07, 6.45) is 0.366. The molecule has 1 fully saturated rings. The lowest BCUT2D eigenvalue weighted by molar-refractivity contribution is -0.384. The molecule has 1 amide bonds. The summed E-state index contributed by atoms with van der Waals surface area (Å²) in [6, 6.07) is 3.63. The lowest BCUT2D eigenvalue weighted by Crippen LogP contribution is -2.35. The van der Waals surface area contributed by atoms with Gasteiger partial charge in [-0.25, -0.2) is 8.42 Å². The van der Waals surface area contributed by atoms with E-state index in [0.29, 0.717) is 12.1 Å². The zero-order chi connectivity index (χ0) is 15.6. The highest BCUT2D eigenvalue weighted by Crippen LogP contribution is 2.25. The number of rotatable bonds is 4. The Labute approximate surface area is 121 Å². The fourth-order valence-electron chi connectivity index (χ4n) is 2.21. The van der Waals surface area contributed by atoms with Crippen molar-refractivity contribution in [1.29, 1.82) is 0 Å². The summed E-state index contributed by atoms with van der Waals surface area (Å²) >= 11 is 0. The molecule has 1 aromatic rings. The van der Waals surface area contributed by atoms with Crippen molar-refractivity contribution in [2.24, 2.45) is 0 Å². The maximum atomic E-state index is 12.0. The van der Waals surface area contributed by atoms with Crippen LogP contribution < -0.4 is 10.6 Å². The van der Waals surface area contributed by atoms with E-state index >= 15 is 0 Å². The number of carbonyl (C=O) groups excluding carboxylic acids is 1. The molecule has 0 aliphatic carbocycles. The summed E-state index contributed by atoms with van der Waals surface area (Å²) in [5, 5.41) is 16.2. The predicted octanol–water partition coefficient (Wildman–Crippen LogP) is 0.553. The van der Waals surface area contributed by atoms with Gasteiger partial charge in [0.05, 0.1) is 16.4 Å². The van der Waals surface area contributed by atoms with Gasteiger partial charge in [-0.2, -0.15) is 0 Å². The zero-order valence-electron chi connectivity index (χ0n) is 11.3. The molecule has 8 nitrogen and oxygen atoms in total. The number of nitro groups is 1. The van der Waals surface area contributed by atoms with Gasteiger partial charge in [0.25, 0.3) is 11.6 Å². The smallest absolute Gasteiger partial charge is 0.293 e. The second-order valence-electron chi connectivity index (χ2n) is 4.81. The molecule has 0 saturated carbocycles. The molecule has 1 aromatic carbocycles. The van der Waals surface area contributed by atoms with Crippen molar-refractivity contribution < 1.29 is 18.1 Å². The second kappa shape index (κ2) is 5.68. The highest BCUT2D eigenvalue weighted by atomic mass is 32.2. The third-order valence-electron chi connectivity index (χ3n) is 3.29. The minimum absolute atomic E-state index is 0.0524. The number of anilines is 1. The number of benzene rings is 1. The van der Waals surface area contributed by atoms with Crippen LogP contribution in [0.1, 0.15) is 16.8 Å². The van der Waals surface area contributed by atoms with Crippen molar-refractivity contribution in [1.82, 2.24) is 5.32 Å². The summed E-state index contributed by atoms with van der Waals surface area (Å²) in [5.41, 5.74) is 0.231. The average Bonchev–Trinajstić information content (AvgIpc) is 2.76. The molecule has 21 heavy (non-hydrogen) atoms. The molecular formula is C12H15N3O5S. The normalized spacial score (nSPS) is 20.0. The topological polar surface area (TPSA) is 118 Å². The van der Waals surface area contributed by atoms with Gasteiger partial charge in [-0.3, -0.25) is 14.9 Å². The van der Waals surface area contributed by atoms with Crippen molar-refractivity contribution in [3.63, 3.8) is 0 Å². The maximum absolute atomic E-state index is 12.0. The molecule has 0 bridgehead atoms. The Bertz CT molecular complexity index is 686.